The molecule has 0 radical (unpaired) electrons. The van der Waals surface area contributed by atoms with Gasteiger partial charge in [-0.25, -0.2) is 0 Å². The second kappa shape index (κ2) is 6.02. The van der Waals surface area contributed by atoms with Gasteiger partial charge in [0, 0.05) is 17.0 Å². The molecule has 5 heteroatoms. The third kappa shape index (κ3) is 2.85. The Morgan fingerprint density at radius 3 is 2.88 bits per heavy atom. The number of hydrogen-bond acceptors (Lipinski definition) is 4. The van der Waals surface area contributed by atoms with Crippen LogP contribution in [0.2, 0.25) is 0 Å². The Labute approximate surface area is 144 Å². The SMILES string of the molecule is Cc1cc(C)c2onc(CC(=O)Nc3cccc4cccnc34)c2c1. The van der Waals surface area contributed by atoms with E-state index in [1.807, 2.05) is 56.3 Å². The van der Waals surface area contributed by atoms with Gasteiger partial charge < -0.3 is 9.84 Å². The van der Waals surface area contributed by atoms with Crippen molar-refractivity contribution in [3.8, 4) is 0 Å². The molecule has 0 spiro atoms. The molecule has 5 nitrogen and oxygen atoms in total. The molecule has 0 aliphatic heterocycles. The standard InChI is InChI=1S/C20H17N3O2/c1-12-9-13(2)20-15(10-12)17(23-25-20)11-18(24)22-16-7-3-5-14-6-4-8-21-19(14)16/h3-10H,11H2,1-2H3,(H,22,24). The van der Waals surface area contributed by atoms with Crippen molar-refractivity contribution < 1.29 is 9.32 Å². The highest BCUT2D eigenvalue weighted by atomic mass is 16.5. The molecule has 1 amide bonds. The van der Waals surface area contributed by atoms with Crippen LogP contribution in [0.5, 0.6) is 0 Å². The van der Waals surface area contributed by atoms with Crippen molar-refractivity contribution in [1.82, 2.24) is 10.1 Å². The molecule has 0 bridgehead atoms. The molecule has 0 saturated carbocycles. The topological polar surface area (TPSA) is 68.0 Å². The molecular weight excluding hydrogens is 314 g/mol. The van der Waals surface area contributed by atoms with Crippen LogP contribution in [0.4, 0.5) is 5.69 Å². The van der Waals surface area contributed by atoms with Gasteiger partial charge in [-0.3, -0.25) is 9.78 Å². The molecule has 2 heterocycles. The first-order chi connectivity index (χ1) is 12.1. The highest BCUT2D eigenvalue weighted by Gasteiger charge is 2.15. The van der Waals surface area contributed by atoms with Crippen LogP contribution >= 0.6 is 0 Å². The zero-order valence-electron chi connectivity index (χ0n) is 14.0. The number of carbonyl (C=O) groups is 1. The van der Waals surface area contributed by atoms with E-state index in [1.165, 1.54) is 0 Å². The molecule has 0 unspecified atom stereocenters. The smallest absolute Gasteiger partial charge is 0.230 e. The number of pyridine rings is 1. The minimum atomic E-state index is -0.146. The van der Waals surface area contributed by atoms with E-state index < -0.39 is 0 Å². The summed E-state index contributed by atoms with van der Waals surface area (Å²) in [4.78, 5) is 16.9. The third-order valence-electron chi connectivity index (χ3n) is 4.21. The predicted molar refractivity (Wildman–Crippen MR) is 97.6 cm³/mol. The Morgan fingerprint density at radius 1 is 1.16 bits per heavy atom. The van der Waals surface area contributed by atoms with Crippen LogP contribution in [-0.2, 0) is 11.2 Å². The van der Waals surface area contributed by atoms with E-state index in [0.29, 0.717) is 11.4 Å². The lowest BCUT2D eigenvalue weighted by atomic mass is 10.1. The molecule has 2 aromatic heterocycles. The Morgan fingerprint density at radius 2 is 2.00 bits per heavy atom. The van der Waals surface area contributed by atoms with Gasteiger partial charge in [-0.05, 0) is 43.2 Å². The molecule has 1 N–H and O–H groups in total. The molecule has 0 aliphatic rings. The first-order valence-electron chi connectivity index (χ1n) is 8.11. The maximum absolute atomic E-state index is 12.5. The lowest BCUT2D eigenvalue weighted by Gasteiger charge is -2.07. The maximum atomic E-state index is 12.5. The van der Waals surface area contributed by atoms with Crippen LogP contribution in [-0.4, -0.2) is 16.0 Å². The normalized spacial score (nSPS) is 11.1. The van der Waals surface area contributed by atoms with Gasteiger partial charge in [-0.1, -0.05) is 29.4 Å². The van der Waals surface area contributed by atoms with E-state index in [1.54, 1.807) is 6.20 Å². The maximum Gasteiger partial charge on any atom is 0.230 e. The summed E-state index contributed by atoms with van der Waals surface area (Å²) in [6.45, 7) is 4.00. The minimum absolute atomic E-state index is 0.146. The van der Waals surface area contributed by atoms with E-state index in [0.717, 1.165) is 33.0 Å². The van der Waals surface area contributed by atoms with E-state index in [9.17, 15) is 4.79 Å². The monoisotopic (exact) mass is 331 g/mol. The highest BCUT2D eigenvalue weighted by molar-refractivity contribution is 6.01. The summed E-state index contributed by atoms with van der Waals surface area (Å²) in [5.74, 6) is -0.146. The Kier molecular flexibility index (Phi) is 3.69. The van der Waals surface area contributed by atoms with Gasteiger partial charge in [-0.2, -0.15) is 0 Å². The van der Waals surface area contributed by atoms with Gasteiger partial charge in [0.2, 0.25) is 5.91 Å². The number of amides is 1. The minimum Gasteiger partial charge on any atom is -0.356 e. The average molecular weight is 331 g/mol. The fourth-order valence-corrected chi connectivity index (χ4v) is 3.12. The lowest BCUT2D eigenvalue weighted by molar-refractivity contribution is -0.115. The Balaban J connectivity index is 1.62. The third-order valence-corrected chi connectivity index (χ3v) is 4.21. The summed E-state index contributed by atoms with van der Waals surface area (Å²) >= 11 is 0. The molecule has 0 atom stereocenters. The number of benzene rings is 2. The van der Waals surface area contributed by atoms with Crippen molar-refractivity contribution in [1.29, 1.82) is 0 Å². The summed E-state index contributed by atoms with van der Waals surface area (Å²) in [5, 5.41) is 8.90. The van der Waals surface area contributed by atoms with Gasteiger partial charge >= 0.3 is 0 Å². The summed E-state index contributed by atoms with van der Waals surface area (Å²) < 4.78 is 5.41. The molecule has 124 valence electrons. The molecule has 25 heavy (non-hydrogen) atoms. The van der Waals surface area contributed by atoms with Crippen molar-refractivity contribution >= 4 is 33.5 Å². The zero-order valence-corrected chi connectivity index (χ0v) is 14.0. The summed E-state index contributed by atoms with van der Waals surface area (Å²) in [6.07, 6.45) is 1.87. The van der Waals surface area contributed by atoms with Gasteiger partial charge in [0.05, 0.1) is 17.6 Å². The van der Waals surface area contributed by atoms with Crippen LogP contribution in [0.25, 0.3) is 21.9 Å². The van der Waals surface area contributed by atoms with Crippen LogP contribution in [0, 0.1) is 13.8 Å². The zero-order chi connectivity index (χ0) is 17.4. The molecule has 0 aliphatic carbocycles. The number of nitrogens with one attached hydrogen (secondary N) is 1. The number of carbonyl (C=O) groups excluding carboxylic acids is 1. The highest BCUT2D eigenvalue weighted by Crippen LogP contribution is 2.25. The molecular formula is C20H17N3O2. The number of aromatic nitrogens is 2. The Bertz CT molecular complexity index is 1090. The van der Waals surface area contributed by atoms with Crippen molar-refractivity contribution in [2.75, 3.05) is 5.32 Å². The van der Waals surface area contributed by atoms with Gasteiger partial charge in [-0.15, -0.1) is 0 Å². The number of para-hydroxylation sites is 1. The number of hydrogen-bond donors (Lipinski definition) is 1. The molecule has 4 rings (SSSR count). The van der Waals surface area contributed by atoms with Gasteiger partial charge in [0.25, 0.3) is 0 Å². The van der Waals surface area contributed by atoms with Crippen LogP contribution in [0.3, 0.4) is 0 Å². The Hall–Kier alpha value is -3.21. The summed E-state index contributed by atoms with van der Waals surface area (Å²) in [6, 6.07) is 13.6. The number of fused-ring (bicyclic) bond motifs is 2. The van der Waals surface area contributed by atoms with Crippen molar-refractivity contribution in [3.63, 3.8) is 0 Å². The van der Waals surface area contributed by atoms with Gasteiger partial charge in [0.15, 0.2) is 5.58 Å². The second-order valence-corrected chi connectivity index (χ2v) is 6.19. The predicted octanol–water partition coefficient (Wildman–Crippen LogP) is 4.17. The molecule has 2 aromatic carbocycles. The van der Waals surface area contributed by atoms with Crippen LogP contribution in [0.15, 0.2) is 53.2 Å². The molecule has 4 aromatic rings. The lowest BCUT2D eigenvalue weighted by Crippen LogP contribution is -2.15. The van der Waals surface area contributed by atoms with E-state index in [2.05, 4.69) is 15.5 Å². The van der Waals surface area contributed by atoms with E-state index in [-0.39, 0.29) is 12.3 Å². The number of anilines is 1. The number of aryl methyl sites for hydroxylation is 2. The number of nitrogens with zero attached hydrogens (tertiary/aromatic N) is 2. The van der Waals surface area contributed by atoms with Gasteiger partial charge in [0.1, 0.15) is 5.69 Å². The fraction of sp³-hybridized carbons (Fsp3) is 0.150. The fourth-order valence-electron chi connectivity index (χ4n) is 3.12. The van der Waals surface area contributed by atoms with Crippen LogP contribution < -0.4 is 5.32 Å². The van der Waals surface area contributed by atoms with Crippen molar-refractivity contribution in [2.24, 2.45) is 0 Å². The summed E-state index contributed by atoms with van der Waals surface area (Å²) in [7, 11) is 0. The van der Waals surface area contributed by atoms with E-state index >= 15 is 0 Å². The first kappa shape index (κ1) is 15.3. The number of rotatable bonds is 3. The molecule has 0 fully saturated rings. The van der Waals surface area contributed by atoms with Crippen molar-refractivity contribution in [3.05, 3.63) is 65.5 Å². The average Bonchev–Trinajstić information content (AvgIpc) is 2.98. The van der Waals surface area contributed by atoms with Crippen molar-refractivity contribution in [2.45, 2.75) is 20.3 Å². The van der Waals surface area contributed by atoms with Crippen LogP contribution in [0.1, 0.15) is 16.8 Å². The second-order valence-electron chi connectivity index (χ2n) is 6.19. The molecule has 0 saturated heterocycles. The summed E-state index contributed by atoms with van der Waals surface area (Å²) in [5.41, 5.74) is 4.99. The quantitative estimate of drug-likeness (QED) is 0.611. The van der Waals surface area contributed by atoms with E-state index in [4.69, 9.17) is 4.52 Å². The first-order valence-corrected chi connectivity index (χ1v) is 8.11. The largest absolute Gasteiger partial charge is 0.356 e.